The van der Waals surface area contributed by atoms with Crippen LogP contribution in [0.3, 0.4) is 0 Å². The normalized spacial score (nSPS) is 30.4. The number of aromatic nitrogens is 2. The number of oxazole rings is 1. The first-order chi connectivity index (χ1) is 18.1. The summed E-state index contributed by atoms with van der Waals surface area (Å²) in [4.78, 5) is 32.7. The number of nitrogens with zero attached hydrogens (tertiary/aromatic N) is 1. The Morgan fingerprint density at radius 1 is 1.21 bits per heavy atom. The Bertz CT molecular complexity index is 1320. The number of nitrogens with one attached hydrogen (secondary N) is 2. The Morgan fingerprint density at radius 2 is 2.00 bits per heavy atom. The first kappa shape index (κ1) is 26.4. The second-order valence-corrected chi connectivity index (χ2v) is 11.1. The summed E-state index contributed by atoms with van der Waals surface area (Å²) in [6.45, 7) is 8.39. The molecule has 204 valence electrons. The number of anilines is 1. The van der Waals surface area contributed by atoms with Crippen molar-refractivity contribution in [3.8, 4) is 0 Å². The molecule has 1 spiro atoms. The van der Waals surface area contributed by atoms with Crippen molar-refractivity contribution in [2.45, 2.75) is 71.4 Å². The van der Waals surface area contributed by atoms with Gasteiger partial charge in [0.1, 0.15) is 11.1 Å². The highest BCUT2D eigenvalue weighted by molar-refractivity contribution is 6.06. The van der Waals surface area contributed by atoms with Crippen molar-refractivity contribution in [3.63, 3.8) is 0 Å². The van der Waals surface area contributed by atoms with Crippen LogP contribution in [0.15, 0.2) is 34.9 Å². The molecule has 2 fully saturated rings. The van der Waals surface area contributed by atoms with Crippen LogP contribution >= 0.6 is 0 Å². The molecule has 2 aromatic heterocycles. The maximum Gasteiger partial charge on any atom is 0.340 e. The molecule has 0 saturated carbocycles. The number of hydrogen-bond donors (Lipinski definition) is 3. The lowest BCUT2D eigenvalue weighted by Gasteiger charge is -2.53. The summed E-state index contributed by atoms with van der Waals surface area (Å²) in [6, 6.07) is 7.05. The fraction of sp³-hybridized carbons (Fsp3) is 0.552. The van der Waals surface area contributed by atoms with Crippen molar-refractivity contribution >= 4 is 28.5 Å². The molecule has 5 rings (SSSR count). The van der Waals surface area contributed by atoms with Crippen LogP contribution in [0.5, 0.6) is 0 Å². The van der Waals surface area contributed by atoms with Gasteiger partial charge in [0.2, 0.25) is 0 Å². The molecule has 0 bridgehead atoms. The number of ether oxygens (including phenoxy) is 2. The van der Waals surface area contributed by atoms with Crippen LogP contribution in [0.1, 0.15) is 73.7 Å². The summed E-state index contributed by atoms with van der Waals surface area (Å²) in [6.07, 6.45) is 4.22. The monoisotopic (exact) mass is 523 g/mol. The molecule has 38 heavy (non-hydrogen) atoms. The third-order valence-electron chi connectivity index (χ3n) is 8.54. The Kier molecular flexibility index (Phi) is 7.09. The molecule has 3 aromatic rings. The van der Waals surface area contributed by atoms with Crippen molar-refractivity contribution in [3.05, 3.63) is 47.6 Å². The van der Waals surface area contributed by atoms with Crippen LogP contribution in [0, 0.1) is 23.7 Å². The summed E-state index contributed by atoms with van der Waals surface area (Å²) in [5.41, 5.74) is 1.93. The highest BCUT2D eigenvalue weighted by Crippen LogP contribution is 2.48. The molecule has 0 amide bonds. The van der Waals surface area contributed by atoms with Crippen molar-refractivity contribution in [2.75, 3.05) is 12.4 Å². The van der Waals surface area contributed by atoms with Gasteiger partial charge in [0, 0.05) is 31.5 Å². The van der Waals surface area contributed by atoms with Crippen molar-refractivity contribution in [2.24, 2.45) is 23.7 Å². The molecule has 2 aliphatic rings. The van der Waals surface area contributed by atoms with E-state index < -0.39 is 11.8 Å². The van der Waals surface area contributed by atoms with Crippen molar-refractivity contribution in [1.82, 2.24) is 9.97 Å². The van der Waals surface area contributed by atoms with Crippen LogP contribution in [-0.2, 0) is 15.9 Å². The summed E-state index contributed by atoms with van der Waals surface area (Å²) >= 11 is 0. The number of carbonyl (C=O) groups excluding carboxylic acids is 1. The molecular weight excluding hydrogens is 486 g/mol. The van der Waals surface area contributed by atoms with Gasteiger partial charge in [-0.2, -0.15) is 0 Å². The smallest absolute Gasteiger partial charge is 0.340 e. The minimum absolute atomic E-state index is 0.0407. The van der Waals surface area contributed by atoms with Gasteiger partial charge in [-0.15, -0.1) is 0 Å². The number of rotatable bonds is 7. The molecule has 2 aliphatic heterocycles. The molecule has 0 radical (unpaired) electrons. The van der Waals surface area contributed by atoms with E-state index in [4.69, 9.17) is 13.9 Å². The Morgan fingerprint density at radius 3 is 2.68 bits per heavy atom. The average Bonchev–Trinajstić information content (AvgIpc) is 3.57. The van der Waals surface area contributed by atoms with E-state index >= 15 is 0 Å². The number of aromatic amines is 1. The molecule has 3 N–H and O–H groups in total. The van der Waals surface area contributed by atoms with E-state index in [1.54, 1.807) is 31.4 Å². The van der Waals surface area contributed by atoms with E-state index in [9.17, 15) is 14.7 Å². The number of carboxylic acid groups (broad SMARTS) is 1. The average molecular weight is 524 g/mol. The standard InChI is InChI=1S/C29H37N3O6/c1-15-10-11-29(17(3)13-16(2)27(38-29)18(4)26(33)20-7-6-12-31-20)37-22(15)14-23-32-25-21(36-23)9-8-19(30-5)24(25)28(34)35/h6-9,12,15-18,22,27,30-31H,10-11,13-14H2,1-5H3,(H,34,35)/t15-,16+,17+,18+,22-,27-,29-/m0/s1. The van der Waals surface area contributed by atoms with Gasteiger partial charge < -0.3 is 29.3 Å². The van der Waals surface area contributed by atoms with Crippen LogP contribution in [0.25, 0.3) is 11.1 Å². The van der Waals surface area contributed by atoms with Gasteiger partial charge in [0.05, 0.1) is 30.0 Å². The van der Waals surface area contributed by atoms with Crippen molar-refractivity contribution in [1.29, 1.82) is 0 Å². The molecule has 4 heterocycles. The van der Waals surface area contributed by atoms with Crippen LogP contribution in [0.2, 0.25) is 0 Å². The van der Waals surface area contributed by atoms with Gasteiger partial charge in [0.25, 0.3) is 0 Å². The molecule has 0 aliphatic carbocycles. The van der Waals surface area contributed by atoms with Gasteiger partial charge in [-0.1, -0.05) is 27.7 Å². The lowest BCUT2D eigenvalue weighted by molar-refractivity contribution is -0.355. The molecule has 1 aromatic carbocycles. The number of hydrogen-bond acceptors (Lipinski definition) is 7. The van der Waals surface area contributed by atoms with E-state index in [0.29, 0.717) is 34.8 Å². The first-order valence-electron chi connectivity index (χ1n) is 13.5. The maximum absolute atomic E-state index is 13.1. The van der Waals surface area contributed by atoms with E-state index in [-0.39, 0.29) is 47.2 Å². The predicted molar refractivity (Wildman–Crippen MR) is 142 cm³/mol. The molecule has 7 atom stereocenters. The number of carbonyl (C=O) groups is 2. The maximum atomic E-state index is 13.1. The van der Waals surface area contributed by atoms with E-state index in [1.807, 2.05) is 13.0 Å². The Labute approximate surface area is 222 Å². The fourth-order valence-corrected chi connectivity index (χ4v) is 6.27. The zero-order chi connectivity index (χ0) is 27.2. The first-order valence-corrected chi connectivity index (χ1v) is 13.5. The number of ketones is 1. The Hall–Kier alpha value is -3.17. The lowest BCUT2D eigenvalue weighted by atomic mass is 9.75. The van der Waals surface area contributed by atoms with Gasteiger partial charge in [-0.05, 0) is 48.9 Å². The number of benzene rings is 1. The second kappa shape index (κ2) is 10.2. The van der Waals surface area contributed by atoms with Gasteiger partial charge in [-0.25, -0.2) is 9.78 Å². The number of carboxylic acids is 1. The van der Waals surface area contributed by atoms with Gasteiger partial charge in [-0.3, -0.25) is 4.79 Å². The second-order valence-electron chi connectivity index (χ2n) is 11.1. The van der Waals surface area contributed by atoms with Crippen LogP contribution in [0.4, 0.5) is 5.69 Å². The Balaban J connectivity index is 1.39. The number of H-pyrrole nitrogens is 1. The summed E-state index contributed by atoms with van der Waals surface area (Å²) in [7, 11) is 1.68. The van der Waals surface area contributed by atoms with E-state index in [2.05, 4.69) is 36.1 Å². The van der Waals surface area contributed by atoms with E-state index in [1.165, 1.54) is 0 Å². The number of Topliss-reactive ketones (excluding diaryl/α,β-unsaturated/α-hetero) is 1. The third-order valence-corrected chi connectivity index (χ3v) is 8.54. The lowest BCUT2D eigenvalue weighted by Crippen LogP contribution is -2.58. The number of aromatic carboxylic acids is 1. The molecule has 0 unspecified atom stereocenters. The quantitative estimate of drug-likeness (QED) is 0.345. The van der Waals surface area contributed by atoms with Crippen molar-refractivity contribution < 1.29 is 28.6 Å². The van der Waals surface area contributed by atoms with Crippen LogP contribution in [-0.4, -0.2) is 51.9 Å². The summed E-state index contributed by atoms with van der Waals surface area (Å²) in [5.74, 6) is -1.11. The van der Waals surface area contributed by atoms with Crippen LogP contribution < -0.4 is 5.32 Å². The predicted octanol–water partition coefficient (Wildman–Crippen LogP) is 5.53. The fourth-order valence-electron chi connectivity index (χ4n) is 6.27. The SMILES string of the molecule is CNc1ccc2oc(C[C@@H]3O[C@@]4(CC[C@@H]3C)O[C@H]([C@H](C)C(=O)c3ccc[nH]3)[C@H](C)C[C@H]4C)nc2c1C(=O)O. The highest BCUT2D eigenvalue weighted by atomic mass is 16.7. The minimum atomic E-state index is -1.06. The van der Waals surface area contributed by atoms with Gasteiger partial charge >= 0.3 is 5.97 Å². The molecule has 9 heteroatoms. The summed E-state index contributed by atoms with van der Waals surface area (Å²) < 4.78 is 19.6. The molecular formula is C29H37N3O6. The summed E-state index contributed by atoms with van der Waals surface area (Å²) in [5, 5.41) is 12.7. The van der Waals surface area contributed by atoms with Gasteiger partial charge in [0.15, 0.2) is 23.0 Å². The number of fused-ring (bicyclic) bond motifs is 1. The molecule has 2 saturated heterocycles. The zero-order valence-electron chi connectivity index (χ0n) is 22.6. The minimum Gasteiger partial charge on any atom is -0.478 e. The third kappa shape index (κ3) is 4.62. The largest absolute Gasteiger partial charge is 0.478 e. The zero-order valence-corrected chi connectivity index (χ0v) is 22.6. The molecule has 9 nitrogen and oxygen atoms in total. The highest BCUT2D eigenvalue weighted by Gasteiger charge is 2.52. The van der Waals surface area contributed by atoms with E-state index in [0.717, 1.165) is 19.3 Å². The topological polar surface area (TPSA) is 127 Å².